The number of amides is 1. The predicted octanol–water partition coefficient (Wildman–Crippen LogP) is 2.63. The van der Waals surface area contributed by atoms with Crippen molar-refractivity contribution in [2.45, 2.75) is 78.2 Å². The summed E-state index contributed by atoms with van der Waals surface area (Å²) in [6.07, 6.45) is 8.29. The number of nitrogens with one attached hydrogen (secondary N) is 1. The Bertz CT molecular complexity index is 716. The van der Waals surface area contributed by atoms with Crippen LogP contribution < -0.4 is 21.9 Å². The first kappa shape index (κ1) is 20.3. The molecule has 0 aliphatic heterocycles. The van der Waals surface area contributed by atoms with Crippen LogP contribution in [0.25, 0.3) is 0 Å². The number of nitrogen functional groups attached to an aromatic ring is 1. The quantitative estimate of drug-likeness (QED) is 0.658. The van der Waals surface area contributed by atoms with Crippen LogP contribution in [0.3, 0.4) is 0 Å². The average Bonchev–Trinajstić information content (AvgIpc) is 3.14. The maximum absolute atomic E-state index is 13.1. The molecule has 1 aromatic heterocycles. The van der Waals surface area contributed by atoms with E-state index >= 15 is 0 Å². The van der Waals surface area contributed by atoms with Crippen LogP contribution >= 0.6 is 0 Å². The first-order valence-electron chi connectivity index (χ1n) is 9.95. The van der Waals surface area contributed by atoms with Crippen molar-refractivity contribution in [3.63, 3.8) is 0 Å². The average molecular weight is 364 g/mol. The van der Waals surface area contributed by atoms with Gasteiger partial charge in [-0.15, -0.1) is 0 Å². The Hall–Kier alpha value is -2.05. The zero-order valence-electron chi connectivity index (χ0n) is 16.1. The largest absolute Gasteiger partial charge is 0.383 e. The normalized spacial score (nSPS) is 14.7. The van der Waals surface area contributed by atoms with Gasteiger partial charge in [-0.1, -0.05) is 46.0 Å². The minimum atomic E-state index is -0.567. The smallest absolute Gasteiger partial charge is 0.330 e. The lowest BCUT2D eigenvalue weighted by atomic mass is 10.1. The van der Waals surface area contributed by atoms with Gasteiger partial charge in [0, 0.05) is 19.0 Å². The van der Waals surface area contributed by atoms with Gasteiger partial charge in [0.1, 0.15) is 5.82 Å². The second-order valence-corrected chi connectivity index (χ2v) is 7.18. The van der Waals surface area contributed by atoms with Gasteiger partial charge in [-0.05, 0) is 25.7 Å². The molecule has 1 amide bonds. The Morgan fingerprint density at radius 2 is 1.81 bits per heavy atom. The number of rotatable bonds is 9. The third-order valence-corrected chi connectivity index (χ3v) is 5.18. The lowest BCUT2D eigenvalue weighted by Crippen LogP contribution is -2.43. The summed E-state index contributed by atoms with van der Waals surface area (Å²) >= 11 is 0. The highest BCUT2D eigenvalue weighted by Gasteiger charge is 2.31. The number of hydrogen-bond donors (Lipinski definition) is 2. The summed E-state index contributed by atoms with van der Waals surface area (Å²) in [7, 11) is 0. The van der Waals surface area contributed by atoms with Crippen molar-refractivity contribution in [2.24, 2.45) is 5.92 Å². The monoisotopic (exact) mass is 364 g/mol. The minimum Gasteiger partial charge on any atom is -0.383 e. The first-order valence-corrected chi connectivity index (χ1v) is 9.95. The fourth-order valence-electron chi connectivity index (χ4n) is 3.62. The van der Waals surface area contributed by atoms with Crippen molar-refractivity contribution in [1.29, 1.82) is 0 Å². The molecule has 2 rings (SSSR count). The van der Waals surface area contributed by atoms with Crippen LogP contribution in [0.5, 0.6) is 0 Å². The molecule has 1 fully saturated rings. The standard InChI is InChI=1S/C19H32N4O3/c1-3-5-9-13-22(18(25)14-10-7-8-11-14)15-16(20)23(12-6-4-2)19(26)21-17(15)24/h14H,3-13,20H2,1-2H3,(H,21,24,26). The van der Waals surface area contributed by atoms with Gasteiger partial charge in [0.2, 0.25) is 5.91 Å². The molecular weight excluding hydrogens is 332 g/mol. The molecule has 146 valence electrons. The van der Waals surface area contributed by atoms with Gasteiger partial charge in [-0.2, -0.15) is 0 Å². The van der Waals surface area contributed by atoms with Gasteiger partial charge >= 0.3 is 5.69 Å². The van der Waals surface area contributed by atoms with Crippen LogP contribution in [0, 0.1) is 5.92 Å². The highest BCUT2D eigenvalue weighted by atomic mass is 16.2. The maximum Gasteiger partial charge on any atom is 0.330 e. The number of nitrogens with two attached hydrogens (primary N) is 1. The van der Waals surface area contributed by atoms with Crippen LogP contribution in [-0.2, 0) is 11.3 Å². The molecule has 1 saturated carbocycles. The van der Waals surface area contributed by atoms with E-state index in [0.717, 1.165) is 57.8 Å². The molecule has 1 heterocycles. The molecular formula is C19H32N4O3. The molecule has 3 N–H and O–H groups in total. The van der Waals surface area contributed by atoms with Crippen molar-refractivity contribution in [3.8, 4) is 0 Å². The molecule has 26 heavy (non-hydrogen) atoms. The van der Waals surface area contributed by atoms with Gasteiger partial charge in [0.05, 0.1) is 0 Å². The van der Waals surface area contributed by atoms with E-state index in [1.807, 2.05) is 6.92 Å². The molecule has 7 nitrogen and oxygen atoms in total. The van der Waals surface area contributed by atoms with Gasteiger partial charge in [-0.3, -0.25) is 19.1 Å². The molecule has 0 bridgehead atoms. The maximum atomic E-state index is 13.1. The molecule has 0 saturated heterocycles. The molecule has 7 heteroatoms. The van der Waals surface area contributed by atoms with Crippen LogP contribution in [0.2, 0.25) is 0 Å². The summed E-state index contributed by atoms with van der Waals surface area (Å²) in [5.41, 5.74) is 5.29. The number of aromatic amines is 1. The number of carbonyl (C=O) groups is 1. The predicted molar refractivity (Wildman–Crippen MR) is 104 cm³/mol. The summed E-state index contributed by atoms with van der Waals surface area (Å²) in [6.45, 7) is 5.01. The number of unbranched alkanes of at least 4 members (excludes halogenated alkanes) is 3. The third kappa shape index (κ3) is 4.56. The molecule has 0 unspecified atom stereocenters. The lowest BCUT2D eigenvalue weighted by Gasteiger charge is -2.27. The number of H-pyrrole nitrogens is 1. The fraction of sp³-hybridized carbons (Fsp3) is 0.737. The highest BCUT2D eigenvalue weighted by Crippen LogP contribution is 2.29. The summed E-state index contributed by atoms with van der Waals surface area (Å²) < 4.78 is 1.38. The Morgan fingerprint density at radius 1 is 1.15 bits per heavy atom. The fourth-order valence-corrected chi connectivity index (χ4v) is 3.62. The molecule has 0 aromatic carbocycles. The van der Waals surface area contributed by atoms with Crippen molar-refractivity contribution >= 4 is 17.4 Å². The second-order valence-electron chi connectivity index (χ2n) is 7.18. The Balaban J connectivity index is 2.43. The Labute approximate surface area is 154 Å². The van der Waals surface area contributed by atoms with Gasteiger partial charge < -0.3 is 10.6 Å². The molecule has 1 aliphatic carbocycles. The number of anilines is 2. The van der Waals surface area contributed by atoms with E-state index in [4.69, 9.17) is 5.73 Å². The number of carbonyl (C=O) groups excluding carboxylic acids is 1. The van der Waals surface area contributed by atoms with E-state index in [2.05, 4.69) is 11.9 Å². The minimum absolute atomic E-state index is 0.0310. The topological polar surface area (TPSA) is 101 Å². The summed E-state index contributed by atoms with van der Waals surface area (Å²) in [5, 5.41) is 0. The lowest BCUT2D eigenvalue weighted by molar-refractivity contribution is -0.122. The number of hydrogen-bond acceptors (Lipinski definition) is 4. The van der Waals surface area contributed by atoms with Gasteiger partial charge in [-0.25, -0.2) is 4.79 Å². The molecule has 1 aliphatic rings. The first-order chi connectivity index (χ1) is 12.5. The molecule has 0 radical (unpaired) electrons. The van der Waals surface area contributed by atoms with E-state index in [-0.39, 0.29) is 23.3 Å². The summed E-state index contributed by atoms with van der Waals surface area (Å²) in [5.74, 6) is 0.0259. The van der Waals surface area contributed by atoms with E-state index in [1.165, 1.54) is 4.57 Å². The van der Waals surface area contributed by atoms with Crippen molar-refractivity contribution in [1.82, 2.24) is 9.55 Å². The third-order valence-electron chi connectivity index (χ3n) is 5.18. The molecule has 0 atom stereocenters. The van der Waals surface area contributed by atoms with Crippen molar-refractivity contribution < 1.29 is 4.79 Å². The summed E-state index contributed by atoms with van der Waals surface area (Å²) in [4.78, 5) is 41.7. The van der Waals surface area contributed by atoms with E-state index < -0.39 is 11.2 Å². The van der Waals surface area contributed by atoms with Crippen LogP contribution in [0.1, 0.15) is 71.6 Å². The van der Waals surface area contributed by atoms with Gasteiger partial charge in [0.25, 0.3) is 5.56 Å². The number of aromatic nitrogens is 2. The summed E-state index contributed by atoms with van der Waals surface area (Å²) in [6, 6.07) is 0. The van der Waals surface area contributed by atoms with Gasteiger partial charge in [0.15, 0.2) is 5.69 Å². The van der Waals surface area contributed by atoms with E-state index in [9.17, 15) is 14.4 Å². The Morgan fingerprint density at radius 3 is 2.42 bits per heavy atom. The molecule has 1 aromatic rings. The van der Waals surface area contributed by atoms with Crippen LogP contribution in [0.4, 0.5) is 11.5 Å². The van der Waals surface area contributed by atoms with Crippen LogP contribution in [0.15, 0.2) is 9.59 Å². The number of nitrogens with zero attached hydrogens (tertiary/aromatic N) is 2. The second kappa shape index (κ2) is 9.59. The van der Waals surface area contributed by atoms with Crippen LogP contribution in [-0.4, -0.2) is 22.0 Å². The Kier molecular flexibility index (Phi) is 7.48. The zero-order valence-corrected chi connectivity index (χ0v) is 16.1. The SMILES string of the molecule is CCCCCN(C(=O)C1CCCC1)c1c(N)n(CCCC)c(=O)[nH]c1=O. The molecule has 0 spiro atoms. The van der Waals surface area contributed by atoms with Crippen molar-refractivity contribution in [3.05, 3.63) is 20.8 Å². The van der Waals surface area contributed by atoms with Crippen molar-refractivity contribution in [2.75, 3.05) is 17.2 Å². The van der Waals surface area contributed by atoms with E-state index in [0.29, 0.717) is 13.1 Å². The van der Waals surface area contributed by atoms with E-state index in [1.54, 1.807) is 4.90 Å². The highest BCUT2D eigenvalue weighted by molar-refractivity contribution is 5.97. The zero-order chi connectivity index (χ0) is 19.1.